The number of pyridine rings is 1. The molecule has 0 saturated heterocycles. The van der Waals surface area contributed by atoms with Crippen LogP contribution in [-0.2, 0) is 6.42 Å². The van der Waals surface area contributed by atoms with Crippen molar-refractivity contribution in [3.8, 4) is 5.75 Å². The maximum absolute atomic E-state index is 12.8. The van der Waals surface area contributed by atoms with Crippen LogP contribution in [-0.4, -0.2) is 24.5 Å². The van der Waals surface area contributed by atoms with E-state index in [1.54, 1.807) is 7.11 Å². The third-order valence-corrected chi connectivity index (χ3v) is 6.24. The van der Waals surface area contributed by atoms with Crippen molar-refractivity contribution in [1.82, 2.24) is 4.98 Å². The number of carbonyl (C=O) groups is 1. The lowest BCUT2D eigenvalue weighted by Gasteiger charge is -2.19. The van der Waals surface area contributed by atoms with E-state index in [0.717, 1.165) is 57.9 Å². The number of aryl methyl sites for hydroxylation is 1. The van der Waals surface area contributed by atoms with Gasteiger partial charge in [0.25, 0.3) is 5.91 Å². The van der Waals surface area contributed by atoms with Crippen LogP contribution >= 0.6 is 0 Å². The SMILES string of the molecule is COc1ccc2cc3c(nc2c1)N(c1ccc(C(=O)Nc2cccc(C)c2C)cc1)CC3. The van der Waals surface area contributed by atoms with E-state index in [4.69, 9.17) is 9.72 Å². The fraction of sp³-hybridized carbons (Fsp3) is 0.185. The van der Waals surface area contributed by atoms with Crippen LogP contribution in [0.25, 0.3) is 10.9 Å². The van der Waals surface area contributed by atoms with Crippen molar-refractivity contribution >= 4 is 34.0 Å². The Morgan fingerprint density at radius 2 is 1.84 bits per heavy atom. The number of hydrogen-bond acceptors (Lipinski definition) is 4. The summed E-state index contributed by atoms with van der Waals surface area (Å²) in [6.45, 7) is 4.93. The van der Waals surface area contributed by atoms with E-state index >= 15 is 0 Å². The van der Waals surface area contributed by atoms with Crippen LogP contribution in [0.2, 0.25) is 0 Å². The van der Waals surface area contributed by atoms with Gasteiger partial charge in [0.15, 0.2) is 0 Å². The zero-order chi connectivity index (χ0) is 22.2. The molecular formula is C27H25N3O2. The molecular weight excluding hydrogens is 398 g/mol. The fourth-order valence-corrected chi connectivity index (χ4v) is 4.19. The van der Waals surface area contributed by atoms with Gasteiger partial charge in [-0.2, -0.15) is 0 Å². The lowest BCUT2D eigenvalue weighted by atomic mass is 10.1. The third kappa shape index (κ3) is 3.56. The molecule has 0 spiro atoms. The molecule has 0 atom stereocenters. The number of benzene rings is 3. The van der Waals surface area contributed by atoms with Gasteiger partial charge < -0.3 is 15.0 Å². The topological polar surface area (TPSA) is 54.5 Å². The molecule has 5 rings (SSSR count). The minimum Gasteiger partial charge on any atom is -0.497 e. The first-order valence-electron chi connectivity index (χ1n) is 10.8. The van der Waals surface area contributed by atoms with E-state index in [-0.39, 0.29) is 5.91 Å². The quantitative estimate of drug-likeness (QED) is 0.450. The number of methoxy groups -OCH3 is 1. The Hall–Kier alpha value is -3.86. The monoisotopic (exact) mass is 423 g/mol. The van der Waals surface area contributed by atoms with Crippen LogP contribution in [0.5, 0.6) is 5.75 Å². The van der Waals surface area contributed by atoms with Gasteiger partial charge in [0.1, 0.15) is 11.6 Å². The van der Waals surface area contributed by atoms with Crippen molar-refractivity contribution in [3.05, 3.63) is 89.0 Å². The van der Waals surface area contributed by atoms with E-state index in [2.05, 4.69) is 16.3 Å². The Kier molecular flexibility index (Phi) is 5.02. The number of nitrogens with zero attached hydrogens (tertiary/aromatic N) is 2. The molecule has 0 radical (unpaired) electrons. The molecule has 1 amide bonds. The Bertz CT molecular complexity index is 1330. The summed E-state index contributed by atoms with van der Waals surface area (Å²) in [5.74, 6) is 1.66. The van der Waals surface area contributed by atoms with Crippen LogP contribution < -0.4 is 15.0 Å². The summed E-state index contributed by atoms with van der Waals surface area (Å²) in [7, 11) is 1.67. The van der Waals surface area contributed by atoms with Gasteiger partial charge in [0.05, 0.1) is 12.6 Å². The molecule has 0 aliphatic carbocycles. The molecule has 5 nitrogen and oxygen atoms in total. The van der Waals surface area contributed by atoms with Gasteiger partial charge in [-0.25, -0.2) is 4.98 Å². The van der Waals surface area contributed by atoms with Gasteiger partial charge in [0, 0.05) is 34.9 Å². The van der Waals surface area contributed by atoms with E-state index in [9.17, 15) is 4.79 Å². The molecule has 1 aliphatic heterocycles. The minimum atomic E-state index is -0.108. The normalized spacial score (nSPS) is 12.7. The van der Waals surface area contributed by atoms with Gasteiger partial charge in [-0.05, 0) is 85.5 Å². The maximum atomic E-state index is 12.8. The zero-order valence-electron chi connectivity index (χ0n) is 18.5. The molecule has 0 unspecified atom stereocenters. The minimum absolute atomic E-state index is 0.108. The summed E-state index contributed by atoms with van der Waals surface area (Å²) in [5, 5.41) is 4.14. The molecule has 0 bridgehead atoms. The number of aromatic nitrogens is 1. The third-order valence-electron chi connectivity index (χ3n) is 6.24. The summed E-state index contributed by atoms with van der Waals surface area (Å²) in [6.07, 6.45) is 0.944. The Balaban J connectivity index is 1.40. The fourth-order valence-electron chi connectivity index (χ4n) is 4.19. The Morgan fingerprint density at radius 3 is 2.62 bits per heavy atom. The average molecular weight is 424 g/mol. The molecule has 4 aromatic rings. The van der Waals surface area contributed by atoms with E-state index in [0.29, 0.717) is 5.56 Å². The van der Waals surface area contributed by atoms with Gasteiger partial charge in [-0.1, -0.05) is 12.1 Å². The van der Waals surface area contributed by atoms with Gasteiger partial charge >= 0.3 is 0 Å². The number of carbonyl (C=O) groups excluding carboxylic acids is 1. The lowest BCUT2D eigenvalue weighted by molar-refractivity contribution is 0.102. The summed E-state index contributed by atoms with van der Waals surface area (Å²) in [4.78, 5) is 19.9. The van der Waals surface area contributed by atoms with Crippen LogP contribution in [0.4, 0.5) is 17.2 Å². The highest BCUT2D eigenvalue weighted by atomic mass is 16.5. The predicted octanol–water partition coefficient (Wildman–Crippen LogP) is 5.81. The molecule has 1 aliphatic rings. The summed E-state index contributed by atoms with van der Waals surface area (Å²) in [5.41, 5.74) is 6.90. The lowest BCUT2D eigenvalue weighted by Crippen LogP contribution is -2.16. The molecule has 3 aromatic carbocycles. The molecule has 1 aromatic heterocycles. The second-order valence-electron chi connectivity index (χ2n) is 8.18. The van der Waals surface area contributed by atoms with Crippen LogP contribution in [0.3, 0.4) is 0 Å². The van der Waals surface area contributed by atoms with Crippen molar-refractivity contribution in [1.29, 1.82) is 0 Å². The number of rotatable bonds is 4. The van der Waals surface area contributed by atoms with Crippen LogP contribution in [0.15, 0.2) is 66.7 Å². The molecule has 5 heteroatoms. The van der Waals surface area contributed by atoms with Crippen molar-refractivity contribution in [2.75, 3.05) is 23.9 Å². The number of ether oxygens (including phenoxy) is 1. The first kappa shape index (κ1) is 20.1. The second-order valence-corrected chi connectivity index (χ2v) is 8.18. The van der Waals surface area contributed by atoms with Crippen molar-refractivity contribution in [2.24, 2.45) is 0 Å². The largest absolute Gasteiger partial charge is 0.497 e. The number of nitrogens with one attached hydrogen (secondary N) is 1. The van der Waals surface area contributed by atoms with Crippen molar-refractivity contribution in [2.45, 2.75) is 20.3 Å². The van der Waals surface area contributed by atoms with E-state index in [1.807, 2.05) is 74.5 Å². The summed E-state index contributed by atoms with van der Waals surface area (Å²) < 4.78 is 5.35. The Morgan fingerprint density at radius 1 is 1.03 bits per heavy atom. The van der Waals surface area contributed by atoms with Gasteiger partial charge in [-0.15, -0.1) is 0 Å². The highest BCUT2D eigenvalue weighted by molar-refractivity contribution is 6.05. The molecule has 2 heterocycles. The molecule has 160 valence electrons. The number of fused-ring (bicyclic) bond motifs is 2. The number of amides is 1. The number of hydrogen-bond donors (Lipinski definition) is 1. The highest BCUT2D eigenvalue weighted by Gasteiger charge is 2.23. The van der Waals surface area contributed by atoms with Crippen molar-refractivity contribution in [3.63, 3.8) is 0 Å². The van der Waals surface area contributed by atoms with Crippen LogP contribution in [0, 0.1) is 13.8 Å². The standard InChI is InChI=1S/C27H25N3O2/c1-17-5-4-6-24(18(17)2)29-27(31)19-7-10-22(11-8-19)30-14-13-21-15-20-9-12-23(32-3)16-25(20)28-26(21)30/h4-12,15-16H,13-14H2,1-3H3,(H,29,31). The first-order valence-corrected chi connectivity index (χ1v) is 10.8. The summed E-state index contributed by atoms with van der Waals surface area (Å²) in [6, 6.07) is 21.8. The smallest absolute Gasteiger partial charge is 0.255 e. The number of anilines is 3. The van der Waals surface area contributed by atoms with Gasteiger partial charge in [0.2, 0.25) is 0 Å². The molecule has 0 fully saturated rings. The van der Waals surface area contributed by atoms with E-state index in [1.165, 1.54) is 5.56 Å². The Labute approximate surface area is 187 Å². The second kappa shape index (κ2) is 8.00. The molecule has 1 N–H and O–H groups in total. The zero-order valence-corrected chi connectivity index (χ0v) is 18.5. The maximum Gasteiger partial charge on any atom is 0.255 e. The van der Waals surface area contributed by atoms with Crippen molar-refractivity contribution < 1.29 is 9.53 Å². The first-order chi connectivity index (χ1) is 15.5. The molecule has 0 saturated carbocycles. The van der Waals surface area contributed by atoms with Crippen LogP contribution in [0.1, 0.15) is 27.0 Å². The summed E-state index contributed by atoms with van der Waals surface area (Å²) >= 11 is 0. The van der Waals surface area contributed by atoms with Gasteiger partial charge in [-0.3, -0.25) is 4.79 Å². The highest BCUT2D eigenvalue weighted by Crippen LogP contribution is 2.35. The predicted molar refractivity (Wildman–Crippen MR) is 129 cm³/mol. The van der Waals surface area contributed by atoms with E-state index < -0.39 is 0 Å². The average Bonchev–Trinajstić information content (AvgIpc) is 3.23. The molecule has 32 heavy (non-hydrogen) atoms.